The molecule has 2 amide bonds. The summed E-state index contributed by atoms with van der Waals surface area (Å²) in [7, 11) is 1.82. The largest absolute Gasteiger partial charge is 0.480 e. The van der Waals surface area contributed by atoms with Crippen LogP contribution in [0.4, 0.5) is 4.79 Å². The van der Waals surface area contributed by atoms with Crippen LogP contribution in [0.1, 0.15) is 12.8 Å². The van der Waals surface area contributed by atoms with Gasteiger partial charge in [-0.15, -0.1) is 0 Å². The number of urea groups is 1. The Morgan fingerprint density at radius 2 is 2.12 bits per heavy atom. The number of rotatable bonds is 5. The number of aliphatic hydroxyl groups excluding tert-OH is 1. The van der Waals surface area contributed by atoms with E-state index in [0.29, 0.717) is 6.54 Å². The zero-order chi connectivity index (χ0) is 12.8. The van der Waals surface area contributed by atoms with Gasteiger partial charge in [0.2, 0.25) is 0 Å². The van der Waals surface area contributed by atoms with Crippen LogP contribution in [0.15, 0.2) is 0 Å². The summed E-state index contributed by atoms with van der Waals surface area (Å²) in [5, 5.41) is 23.9. The van der Waals surface area contributed by atoms with Crippen molar-refractivity contribution >= 4 is 12.0 Å². The standard InChI is InChI=1S/C10H19N3O4/c1-11-3-2-4-12-10(17)13-6-7(14)5-8(13)9(15)16/h7-8,11,14H,2-6H2,1H3,(H,12,17)(H,15,16)/t7-,8-/m1/s1. The molecule has 0 spiro atoms. The third-order valence-electron chi connectivity index (χ3n) is 2.70. The maximum atomic E-state index is 11.7. The second-order valence-electron chi connectivity index (χ2n) is 4.08. The minimum Gasteiger partial charge on any atom is -0.480 e. The van der Waals surface area contributed by atoms with E-state index in [4.69, 9.17) is 5.11 Å². The maximum absolute atomic E-state index is 11.7. The molecule has 1 heterocycles. The number of likely N-dealkylation sites (tertiary alicyclic amines) is 1. The summed E-state index contributed by atoms with van der Waals surface area (Å²) < 4.78 is 0. The Balaban J connectivity index is 2.41. The summed E-state index contributed by atoms with van der Waals surface area (Å²) in [5.41, 5.74) is 0. The highest BCUT2D eigenvalue weighted by Crippen LogP contribution is 2.17. The van der Waals surface area contributed by atoms with E-state index in [1.165, 1.54) is 4.90 Å². The molecule has 7 heteroatoms. The van der Waals surface area contributed by atoms with Gasteiger partial charge < -0.3 is 25.7 Å². The van der Waals surface area contributed by atoms with Crippen molar-refractivity contribution in [2.75, 3.05) is 26.7 Å². The number of carboxylic acid groups (broad SMARTS) is 1. The normalized spacial score (nSPS) is 23.8. The molecule has 0 aromatic carbocycles. The van der Waals surface area contributed by atoms with Crippen molar-refractivity contribution in [1.82, 2.24) is 15.5 Å². The van der Waals surface area contributed by atoms with Crippen molar-refractivity contribution in [2.45, 2.75) is 25.0 Å². The molecule has 0 bridgehead atoms. The lowest BCUT2D eigenvalue weighted by Gasteiger charge is -2.21. The van der Waals surface area contributed by atoms with Crippen molar-refractivity contribution in [2.24, 2.45) is 0 Å². The number of nitrogens with one attached hydrogen (secondary N) is 2. The number of amides is 2. The topological polar surface area (TPSA) is 102 Å². The highest BCUT2D eigenvalue weighted by atomic mass is 16.4. The monoisotopic (exact) mass is 245 g/mol. The molecule has 2 atom stereocenters. The fraction of sp³-hybridized carbons (Fsp3) is 0.800. The second kappa shape index (κ2) is 6.41. The van der Waals surface area contributed by atoms with E-state index in [1.54, 1.807) is 0 Å². The Morgan fingerprint density at radius 3 is 2.71 bits per heavy atom. The SMILES string of the molecule is CNCCCNC(=O)N1C[C@H](O)C[C@@H]1C(=O)O. The van der Waals surface area contributed by atoms with Crippen molar-refractivity contribution in [3.8, 4) is 0 Å². The molecule has 0 radical (unpaired) electrons. The van der Waals surface area contributed by atoms with Gasteiger partial charge in [0.15, 0.2) is 0 Å². The van der Waals surface area contributed by atoms with E-state index in [1.807, 2.05) is 7.05 Å². The molecule has 0 unspecified atom stereocenters. The smallest absolute Gasteiger partial charge is 0.326 e. The van der Waals surface area contributed by atoms with E-state index in [-0.39, 0.29) is 13.0 Å². The van der Waals surface area contributed by atoms with Crippen LogP contribution in [-0.2, 0) is 4.79 Å². The molecule has 0 saturated carbocycles. The summed E-state index contributed by atoms with van der Waals surface area (Å²) in [6, 6.07) is -1.35. The number of aliphatic hydroxyl groups is 1. The molecule has 17 heavy (non-hydrogen) atoms. The van der Waals surface area contributed by atoms with E-state index in [2.05, 4.69) is 10.6 Å². The van der Waals surface area contributed by atoms with Crippen molar-refractivity contribution < 1.29 is 19.8 Å². The molecule has 0 aromatic heterocycles. The Morgan fingerprint density at radius 1 is 1.41 bits per heavy atom. The zero-order valence-electron chi connectivity index (χ0n) is 9.85. The van der Waals surface area contributed by atoms with Gasteiger partial charge >= 0.3 is 12.0 Å². The lowest BCUT2D eigenvalue weighted by atomic mass is 10.2. The van der Waals surface area contributed by atoms with Crippen LogP contribution in [0.2, 0.25) is 0 Å². The third kappa shape index (κ3) is 3.86. The minimum absolute atomic E-state index is 0.0782. The van der Waals surface area contributed by atoms with Crippen LogP contribution in [0.3, 0.4) is 0 Å². The second-order valence-corrected chi connectivity index (χ2v) is 4.08. The van der Waals surface area contributed by atoms with Crippen LogP contribution in [0.5, 0.6) is 0 Å². The predicted molar refractivity (Wildman–Crippen MR) is 60.7 cm³/mol. The Bertz CT molecular complexity index is 285. The lowest BCUT2D eigenvalue weighted by molar-refractivity contribution is -0.141. The Kier molecular flexibility index (Phi) is 5.17. The summed E-state index contributed by atoms with van der Waals surface area (Å²) in [5.74, 6) is -1.08. The van der Waals surface area contributed by atoms with Gasteiger partial charge in [-0.1, -0.05) is 0 Å². The van der Waals surface area contributed by atoms with Crippen molar-refractivity contribution in [1.29, 1.82) is 0 Å². The van der Waals surface area contributed by atoms with Crippen LogP contribution < -0.4 is 10.6 Å². The number of nitrogens with zero attached hydrogens (tertiary/aromatic N) is 1. The molecule has 1 aliphatic heterocycles. The maximum Gasteiger partial charge on any atom is 0.326 e. The highest BCUT2D eigenvalue weighted by Gasteiger charge is 2.38. The van der Waals surface area contributed by atoms with Crippen LogP contribution >= 0.6 is 0 Å². The lowest BCUT2D eigenvalue weighted by Crippen LogP contribution is -2.46. The van der Waals surface area contributed by atoms with Gasteiger partial charge in [-0.3, -0.25) is 0 Å². The van der Waals surface area contributed by atoms with E-state index in [0.717, 1.165) is 13.0 Å². The molecular weight excluding hydrogens is 226 g/mol. The summed E-state index contributed by atoms with van der Waals surface area (Å²) in [6.45, 7) is 1.35. The first-order valence-corrected chi connectivity index (χ1v) is 5.66. The van der Waals surface area contributed by atoms with Gasteiger partial charge in [-0.25, -0.2) is 9.59 Å². The number of carbonyl (C=O) groups excluding carboxylic acids is 1. The number of β-amino-alcohol motifs (C(OH)–C–C–N with tert-alkyl or cyclic N) is 1. The predicted octanol–water partition coefficient (Wildman–Crippen LogP) is -1.17. The number of carbonyl (C=O) groups is 2. The number of aliphatic carboxylic acids is 1. The number of hydrogen-bond donors (Lipinski definition) is 4. The first-order valence-electron chi connectivity index (χ1n) is 5.66. The minimum atomic E-state index is -1.08. The molecule has 1 rings (SSSR count). The molecule has 98 valence electrons. The van der Waals surface area contributed by atoms with E-state index in [9.17, 15) is 14.7 Å². The van der Waals surface area contributed by atoms with Gasteiger partial charge in [0.1, 0.15) is 6.04 Å². The third-order valence-corrected chi connectivity index (χ3v) is 2.70. The molecule has 1 saturated heterocycles. The molecule has 0 aromatic rings. The zero-order valence-corrected chi connectivity index (χ0v) is 9.85. The first-order chi connectivity index (χ1) is 8.06. The van der Waals surface area contributed by atoms with Crippen LogP contribution in [0, 0.1) is 0 Å². The average Bonchev–Trinajstić information content (AvgIpc) is 2.66. The van der Waals surface area contributed by atoms with E-state index < -0.39 is 24.1 Å². The summed E-state index contributed by atoms with van der Waals surface area (Å²) >= 11 is 0. The van der Waals surface area contributed by atoms with Crippen molar-refractivity contribution in [3.05, 3.63) is 0 Å². The number of hydrogen-bond acceptors (Lipinski definition) is 4. The van der Waals surface area contributed by atoms with E-state index >= 15 is 0 Å². The molecule has 0 aliphatic carbocycles. The molecule has 1 fully saturated rings. The number of carboxylic acids is 1. The fourth-order valence-electron chi connectivity index (χ4n) is 1.83. The van der Waals surface area contributed by atoms with Gasteiger partial charge in [-0.05, 0) is 20.0 Å². The first kappa shape index (κ1) is 13.7. The Labute approximate surface area is 99.8 Å². The van der Waals surface area contributed by atoms with Crippen LogP contribution in [0.25, 0.3) is 0 Å². The van der Waals surface area contributed by atoms with Gasteiger partial charge in [0.05, 0.1) is 6.10 Å². The van der Waals surface area contributed by atoms with Crippen molar-refractivity contribution in [3.63, 3.8) is 0 Å². The van der Waals surface area contributed by atoms with Crippen LogP contribution in [-0.4, -0.2) is 65.9 Å². The summed E-state index contributed by atoms with van der Waals surface area (Å²) in [4.78, 5) is 23.8. The van der Waals surface area contributed by atoms with Gasteiger partial charge in [0, 0.05) is 19.5 Å². The average molecular weight is 245 g/mol. The Hall–Kier alpha value is -1.34. The summed E-state index contributed by atoms with van der Waals surface area (Å²) in [6.07, 6.45) is 0.120. The highest BCUT2D eigenvalue weighted by molar-refractivity contribution is 5.83. The quantitative estimate of drug-likeness (QED) is 0.457. The molecular formula is C10H19N3O4. The van der Waals surface area contributed by atoms with Gasteiger partial charge in [-0.2, -0.15) is 0 Å². The molecule has 4 N–H and O–H groups in total. The fourth-order valence-corrected chi connectivity index (χ4v) is 1.83. The molecule has 7 nitrogen and oxygen atoms in total. The molecule has 1 aliphatic rings. The van der Waals surface area contributed by atoms with Gasteiger partial charge in [0.25, 0.3) is 0 Å².